The molecule has 0 aliphatic carbocycles. The van der Waals surface area contributed by atoms with E-state index in [0.717, 1.165) is 43.1 Å². The lowest BCUT2D eigenvalue weighted by atomic mass is 10.1. The van der Waals surface area contributed by atoms with Crippen LogP contribution in [0.5, 0.6) is 0 Å². The summed E-state index contributed by atoms with van der Waals surface area (Å²) in [5, 5.41) is 3.53. The maximum absolute atomic E-state index is 12.4. The zero-order valence-corrected chi connectivity index (χ0v) is 15.3. The van der Waals surface area contributed by atoms with Crippen molar-refractivity contribution in [1.29, 1.82) is 0 Å². The van der Waals surface area contributed by atoms with Gasteiger partial charge in [0, 0.05) is 38.6 Å². The van der Waals surface area contributed by atoms with Crippen LogP contribution >= 0.6 is 11.6 Å². The molecule has 1 fully saturated rings. The molecule has 1 amide bonds. The lowest BCUT2D eigenvalue weighted by Gasteiger charge is -2.34. The Morgan fingerprint density at radius 1 is 1.20 bits per heavy atom. The van der Waals surface area contributed by atoms with Gasteiger partial charge in [-0.1, -0.05) is 17.7 Å². The Morgan fingerprint density at radius 3 is 2.60 bits per heavy atom. The molecule has 0 radical (unpaired) electrons. The smallest absolute Gasteiger partial charge is 0.238 e. The Kier molecular flexibility index (Phi) is 5.50. The molecule has 1 aliphatic heterocycles. The molecule has 0 spiro atoms. The van der Waals surface area contributed by atoms with Crippen LogP contribution in [0, 0.1) is 13.8 Å². The molecule has 2 heterocycles. The lowest BCUT2D eigenvalue weighted by molar-refractivity contribution is -0.117. The van der Waals surface area contributed by atoms with Crippen molar-refractivity contribution in [1.82, 2.24) is 14.9 Å². The number of nitrogens with one attached hydrogen (secondary N) is 1. The summed E-state index contributed by atoms with van der Waals surface area (Å²) in [6, 6.07) is 3.88. The van der Waals surface area contributed by atoms with Crippen molar-refractivity contribution in [3.05, 3.63) is 46.9 Å². The fraction of sp³-hybridized carbons (Fsp3) is 0.389. The molecule has 0 saturated carbocycles. The standard InChI is InChI=1S/C18H22ClN5O/c1-13-9-14(2)18(15(19)10-13)22-17(25)12-23-5-7-24(8-6-23)16-11-20-3-4-21-16/h3-4,9-11H,5-8,12H2,1-2H3,(H,22,25). The first kappa shape index (κ1) is 17.6. The molecule has 1 aromatic carbocycles. The normalized spacial score (nSPS) is 15.2. The van der Waals surface area contributed by atoms with E-state index >= 15 is 0 Å². The zero-order valence-electron chi connectivity index (χ0n) is 14.5. The van der Waals surface area contributed by atoms with E-state index in [1.165, 1.54) is 0 Å². The Hall–Kier alpha value is -2.18. The Balaban J connectivity index is 1.53. The van der Waals surface area contributed by atoms with Crippen molar-refractivity contribution in [2.75, 3.05) is 42.9 Å². The molecule has 0 unspecified atom stereocenters. The van der Waals surface area contributed by atoms with E-state index in [1.807, 2.05) is 26.0 Å². The van der Waals surface area contributed by atoms with Gasteiger partial charge in [-0.15, -0.1) is 0 Å². The number of piperazine rings is 1. The number of carbonyl (C=O) groups is 1. The van der Waals surface area contributed by atoms with Crippen LogP contribution in [-0.2, 0) is 4.79 Å². The quantitative estimate of drug-likeness (QED) is 0.908. The molecule has 25 heavy (non-hydrogen) atoms. The summed E-state index contributed by atoms with van der Waals surface area (Å²) >= 11 is 6.26. The number of halogens is 1. The van der Waals surface area contributed by atoms with E-state index in [4.69, 9.17) is 11.6 Å². The highest BCUT2D eigenvalue weighted by Gasteiger charge is 2.20. The van der Waals surface area contributed by atoms with Gasteiger partial charge in [0.1, 0.15) is 5.82 Å². The number of anilines is 2. The summed E-state index contributed by atoms with van der Waals surface area (Å²) in [4.78, 5) is 25.1. The van der Waals surface area contributed by atoms with Crippen molar-refractivity contribution >= 4 is 29.0 Å². The van der Waals surface area contributed by atoms with E-state index in [2.05, 4.69) is 25.1 Å². The van der Waals surface area contributed by atoms with E-state index < -0.39 is 0 Å². The van der Waals surface area contributed by atoms with Gasteiger partial charge in [0.2, 0.25) is 5.91 Å². The number of hydrogen-bond donors (Lipinski definition) is 1. The summed E-state index contributed by atoms with van der Waals surface area (Å²) in [6.07, 6.45) is 5.13. The first-order valence-electron chi connectivity index (χ1n) is 8.33. The Labute approximate surface area is 152 Å². The third-order valence-electron chi connectivity index (χ3n) is 4.31. The van der Waals surface area contributed by atoms with Gasteiger partial charge in [-0.3, -0.25) is 14.7 Å². The largest absolute Gasteiger partial charge is 0.353 e. The molecule has 1 aromatic heterocycles. The molecule has 1 aliphatic rings. The van der Waals surface area contributed by atoms with Gasteiger partial charge in [0.05, 0.1) is 23.5 Å². The molecule has 1 N–H and O–H groups in total. The van der Waals surface area contributed by atoms with Crippen molar-refractivity contribution in [3.63, 3.8) is 0 Å². The fourth-order valence-corrected chi connectivity index (χ4v) is 3.41. The second-order valence-corrected chi connectivity index (χ2v) is 6.72. The monoisotopic (exact) mass is 359 g/mol. The number of nitrogens with zero attached hydrogens (tertiary/aromatic N) is 4. The van der Waals surface area contributed by atoms with Crippen LogP contribution in [0.3, 0.4) is 0 Å². The summed E-state index contributed by atoms with van der Waals surface area (Å²) in [7, 11) is 0. The van der Waals surface area contributed by atoms with Gasteiger partial charge in [-0.2, -0.15) is 0 Å². The summed E-state index contributed by atoms with van der Waals surface area (Å²) in [6.45, 7) is 7.58. The minimum Gasteiger partial charge on any atom is -0.353 e. The first-order chi connectivity index (χ1) is 12.0. The molecular weight excluding hydrogens is 338 g/mol. The number of hydrogen-bond acceptors (Lipinski definition) is 5. The maximum atomic E-state index is 12.4. The molecule has 6 nitrogen and oxygen atoms in total. The van der Waals surface area contributed by atoms with E-state index in [9.17, 15) is 4.79 Å². The number of rotatable bonds is 4. The van der Waals surface area contributed by atoms with Crippen LogP contribution in [-0.4, -0.2) is 53.5 Å². The van der Waals surface area contributed by atoms with Crippen LogP contribution in [0.25, 0.3) is 0 Å². The molecule has 0 atom stereocenters. The third-order valence-corrected chi connectivity index (χ3v) is 4.61. The van der Waals surface area contributed by atoms with Gasteiger partial charge >= 0.3 is 0 Å². The van der Waals surface area contributed by atoms with Crippen molar-refractivity contribution in [2.24, 2.45) is 0 Å². The first-order valence-corrected chi connectivity index (χ1v) is 8.70. The van der Waals surface area contributed by atoms with Crippen LogP contribution in [0.15, 0.2) is 30.7 Å². The Bertz CT molecular complexity index is 721. The van der Waals surface area contributed by atoms with Gasteiger partial charge in [0.25, 0.3) is 0 Å². The number of aryl methyl sites for hydroxylation is 2. The van der Waals surface area contributed by atoms with Crippen LogP contribution < -0.4 is 10.2 Å². The molecule has 1 saturated heterocycles. The van der Waals surface area contributed by atoms with Crippen LogP contribution in [0.4, 0.5) is 11.5 Å². The highest BCUT2D eigenvalue weighted by molar-refractivity contribution is 6.34. The molecular formula is C18H22ClN5O. The molecule has 7 heteroatoms. The number of aromatic nitrogens is 2. The van der Waals surface area contributed by atoms with Crippen LogP contribution in [0.2, 0.25) is 5.02 Å². The highest BCUT2D eigenvalue weighted by Crippen LogP contribution is 2.27. The number of benzene rings is 1. The predicted molar refractivity (Wildman–Crippen MR) is 100 cm³/mol. The van der Waals surface area contributed by atoms with E-state index in [1.54, 1.807) is 18.6 Å². The second-order valence-electron chi connectivity index (χ2n) is 6.31. The van der Waals surface area contributed by atoms with Crippen LogP contribution in [0.1, 0.15) is 11.1 Å². The maximum Gasteiger partial charge on any atom is 0.238 e. The van der Waals surface area contributed by atoms with Crippen molar-refractivity contribution in [3.8, 4) is 0 Å². The molecule has 2 aromatic rings. The SMILES string of the molecule is Cc1cc(C)c(NC(=O)CN2CCN(c3cnccn3)CC2)c(Cl)c1. The van der Waals surface area contributed by atoms with E-state index in [0.29, 0.717) is 17.3 Å². The Morgan fingerprint density at radius 2 is 1.96 bits per heavy atom. The second kappa shape index (κ2) is 7.80. The van der Waals surface area contributed by atoms with Gasteiger partial charge in [-0.25, -0.2) is 4.98 Å². The van der Waals surface area contributed by atoms with Gasteiger partial charge < -0.3 is 10.2 Å². The molecule has 3 rings (SSSR count). The summed E-state index contributed by atoms with van der Waals surface area (Å²) < 4.78 is 0. The average molecular weight is 360 g/mol. The number of carbonyl (C=O) groups excluding carboxylic acids is 1. The predicted octanol–water partition coefficient (Wildman–Crippen LogP) is 2.51. The number of amides is 1. The van der Waals surface area contributed by atoms with E-state index in [-0.39, 0.29) is 5.91 Å². The topological polar surface area (TPSA) is 61.4 Å². The molecule has 132 valence electrons. The third kappa shape index (κ3) is 4.46. The minimum atomic E-state index is -0.0400. The summed E-state index contributed by atoms with van der Waals surface area (Å²) in [5.41, 5.74) is 2.77. The van der Waals surface area contributed by atoms with Crippen molar-refractivity contribution in [2.45, 2.75) is 13.8 Å². The lowest BCUT2D eigenvalue weighted by Crippen LogP contribution is -2.49. The van der Waals surface area contributed by atoms with Crippen molar-refractivity contribution < 1.29 is 4.79 Å². The fourth-order valence-electron chi connectivity index (χ4n) is 3.05. The highest BCUT2D eigenvalue weighted by atomic mass is 35.5. The minimum absolute atomic E-state index is 0.0400. The van der Waals surface area contributed by atoms with Gasteiger partial charge in [0.15, 0.2) is 0 Å². The molecule has 0 bridgehead atoms. The summed E-state index contributed by atoms with van der Waals surface area (Å²) in [5.74, 6) is 0.843. The zero-order chi connectivity index (χ0) is 17.8. The average Bonchev–Trinajstić information content (AvgIpc) is 2.59. The van der Waals surface area contributed by atoms with Gasteiger partial charge in [-0.05, 0) is 31.0 Å².